The molecule has 0 heterocycles. The maximum absolute atomic E-state index is 12.2. The maximum Gasteiger partial charge on any atom is 0.223 e. The second kappa shape index (κ2) is 8.94. The third-order valence-electron chi connectivity index (χ3n) is 4.24. The summed E-state index contributed by atoms with van der Waals surface area (Å²) in [6.45, 7) is 5.66. The minimum Gasteiger partial charge on any atom is -0.352 e. The van der Waals surface area contributed by atoms with Crippen LogP contribution in [0.25, 0.3) is 0 Å². The Bertz CT molecular complexity index is 814. The predicted octanol–water partition coefficient (Wildman–Crippen LogP) is 3.26. The highest BCUT2D eigenvalue weighted by atomic mass is 16.2. The molecule has 0 aliphatic rings. The van der Waals surface area contributed by atoms with Crippen molar-refractivity contribution >= 4 is 23.3 Å². The molecule has 0 saturated heterocycles. The van der Waals surface area contributed by atoms with E-state index in [9.17, 15) is 14.4 Å². The molecule has 5 nitrogen and oxygen atoms in total. The van der Waals surface area contributed by atoms with Crippen LogP contribution in [0.2, 0.25) is 0 Å². The topological polar surface area (TPSA) is 66.5 Å². The summed E-state index contributed by atoms with van der Waals surface area (Å²) in [4.78, 5) is 37.2. The predicted molar refractivity (Wildman–Crippen MR) is 102 cm³/mol. The summed E-state index contributed by atoms with van der Waals surface area (Å²) in [6, 6.07) is 14.8. The third kappa shape index (κ3) is 5.28. The molecule has 2 aromatic carbocycles. The Kier molecular flexibility index (Phi) is 6.67. The first-order chi connectivity index (χ1) is 12.4. The van der Waals surface area contributed by atoms with Gasteiger partial charge in [0.1, 0.15) is 0 Å². The van der Waals surface area contributed by atoms with Gasteiger partial charge in [-0.3, -0.25) is 14.4 Å². The van der Waals surface area contributed by atoms with Crippen molar-refractivity contribution in [2.45, 2.75) is 33.7 Å². The van der Waals surface area contributed by atoms with Gasteiger partial charge in [0.15, 0.2) is 5.78 Å². The first-order valence-corrected chi connectivity index (χ1v) is 8.59. The molecule has 0 fully saturated rings. The number of benzene rings is 2. The highest BCUT2D eigenvalue weighted by Crippen LogP contribution is 2.17. The summed E-state index contributed by atoms with van der Waals surface area (Å²) in [5.74, 6) is -0.356. The van der Waals surface area contributed by atoms with Crippen molar-refractivity contribution in [3.63, 3.8) is 0 Å². The fraction of sp³-hybridized carbons (Fsp3) is 0.286. The van der Waals surface area contributed by atoms with Crippen LogP contribution in [0.15, 0.2) is 48.5 Å². The van der Waals surface area contributed by atoms with Crippen LogP contribution in [-0.4, -0.2) is 24.1 Å². The molecule has 2 aromatic rings. The van der Waals surface area contributed by atoms with E-state index < -0.39 is 0 Å². The number of anilines is 1. The molecule has 0 aliphatic heterocycles. The van der Waals surface area contributed by atoms with Crippen molar-refractivity contribution in [2.75, 3.05) is 11.4 Å². The van der Waals surface area contributed by atoms with Gasteiger partial charge in [-0.25, -0.2) is 0 Å². The molecule has 0 aromatic heterocycles. The molecule has 2 rings (SSSR count). The normalized spacial score (nSPS) is 10.3. The fourth-order valence-corrected chi connectivity index (χ4v) is 2.67. The van der Waals surface area contributed by atoms with Crippen LogP contribution >= 0.6 is 0 Å². The number of hydrogen-bond donors (Lipinski definition) is 1. The van der Waals surface area contributed by atoms with Crippen LogP contribution in [0.3, 0.4) is 0 Å². The SMILES string of the molecule is CC(=O)c1cccc(N(CCC(=O)NCc2ccccc2C)C(C)=O)c1. The minimum atomic E-state index is -0.169. The maximum atomic E-state index is 12.2. The molecule has 0 radical (unpaired) electrons. The Labute approximate surface area is 154 Å². The minimum absolute atomic E-state index is 0.0636. The largest absolute Gasteiger partial charge is 0.352 e. The molecule has 0 atom stereocenters. The Morgan fingerprint density at radius 2 is 1.73 bits per heavy atom. The number of nitrogens with one attached hydrogen (secondary N) is 1. The first-order valence-electron chi connectivity index (χ1n) is 8.59. The van der Waals surface area contributed by atoms with Gasteiger partial charge in [-0.05, 0) is 37.1 Å². The zero-order valence-corrected chi connectivity index (χ0v) is 15.4. The van der Waals surface area contributed by atoms with Gasteiger partial charge in [0.25, 0.3) is 0 Å². The van der Waals surface area contributed by atoms with E-state index in [1.54, 1.807) is 24.3 Å². The van der Waals surface area contributed by atoms with E-state index >= 15 is 0 Å². The molecule has 0 spiro atoms. The summed E-state index contributed by atoms with van der Waals surface area (Å²) in [5.41, 5.74) is 3.35. The number of carbonyl (C=O) groups excluding carboxylic acids is 3. The van der Waals surface area contributed by atoms with Crippen LogP contribution in [0, 0.1) is 6.92 Å². The average Bonchev–Trinajstić information content (AvgIpc) is 2.61. The zero-order valence-electron chi connectivity index (χ0n) is 15.4. The highest BCUT2D eigenvalue weighted by Gasteiger charge is 2.14. The van der Waals surface area contributed by atoms with Crippen LogP contribution < -0.4 is 10.2 Å². The number of ketones is 1. The van der Waals surface area contributed by atoms with E-state index in [4.69, 9.17) is 0 Å². The Hall–Kier alpha value is -2.95. The Morgan fingerprint density at radius 1 is 1.00 bits per heavy atom. The summed E-state index contributed by atoms with van der Waals surface area (Å²) >= 11 is 0. The van der Waals surface area contributed by atoms with Crippen LogP contribution in [-0.2, 0) is 16.1 Å². The second-order valence-corrected chi connectivity index (χ2v) is 6.23. The van der Waals surface area contributed by atoms with Gasteiger partial charge in [-0.15, -0.1) is 0 Å². The highest BCUT2D eigenvalue weighted by molar-refractivity contribution is 5.97. The lowest BCUT2D eigenvalue weighted by atomic mass is 10.1. The summed E-state index contributed by atoms with van der Waals surface area (Å²) in [7, 11) is 0. The molecule has 26 heavy (non-hydrogen) atoms. The zero-order chi connectivity index (χ0) is 19.1. The van der Waals surface area contributed by atoms with E-state index in [1.807, 2.05) is 31.2 Å². The molecule has 0 aliphatic carbocycles. The van der Waals surface area contributed by atoms with Crippen molar-refractivity contribution in [3.8, 4) is 0 Å². The van der Waals surface area contributed by atoms with Crippen molar-refractivity contribution in [2.24, 2.45) is 0 Å². The number of Topliss-reactive ketones (excluding diaryl/α,β-unsaturated/α-hetero) is 1. The smallest absolute Gasteiger partial charge is 0.223 e. The first kappa shape index (κ1) is 19.4. The standard InChI is InChI=1S/C21H24N2O3/c1-15-7-4-5-8-19(15)14-22-21(26)11-12-23(17(3)25)20-10-6-9-18(13-20)16(2)24/h4-10,13H,11-12,14H2,1-3H3,(H,22,26). The van der Waals surface area contributed by atoms with Crippen molar-refractivity contribution in [1.82, 2.24) is 5.32 Å². The molecule has 5 heteroatoms. The van der Waals surface area contributed by atoms with Gasteiger partial charge in [-0.1, -0.05) is 36.4 Å². The molecule has 136 valence electrons. The fourth-order valence-electron chi connectivity index (χ4n) is 2.67. The van der Waals surface area contributed by atoms with Gasteiger partial charge < -0.3 is 10.2 Å². The van der Waals surface area contributed by atoms with Crippen molar-refractivity contribution < 1.29 is 14.4 Å². The molecular weight excluding hydrogens is 328 g/mol. The summed E-state index contributed by atoms with van der Waals surface area (Å²) in [6.07, 6.45) is 0.190. The van der Waals surface area contributed by atoms with Gasteiger partial charge in [0.2, 0.25) is 11.8 Å². The molecule has 1 N–H and O–H groups in total. The van der Waals surface area contributed by atoms with Gasteiger partial charge >= 0.3 is 0 Å². The van der Waals surface area contributed by atoms with Gasteiger partial charge in [0, 0.05) is 37.7 Å². The van der Waals surface area contributed by atoms with Crippen LogP contribution in [0.1, 0.15) is 41.8 Å². The van der Waals surface area contributed by atoms with Crippen molar-refractivity contribution in [3.05, 3.63) is 65.2 Å². The third-order valence-corrected chi connectivity index (χ3v) is 4.24. The molecule has 0 bridgehead atoms. The Balaban J connectivity index is 1.97. The average molecular weight is 352 g/mol. The number of amides is 2. The molecule has 0 saturated carbocycles. The number of carbonyl (C=O) groups is 3. The van der Waals surface area contributed by atoms with E-state index in [1.165, 1.54) is 18.7 Å². The van der Waals surface area contributed by atoms with E-state index in [-0.39, 0.29) is 30.6 Å². The van der Waals surface area contributed by atoms with E-state index in [0.29, 0.717) is 17.8 Å². The number of aryl methyl sites for hydroxylation is 1. The van der Waals surface area contributed by atoms with Crippen LogP contribution in [0.4, 0.5) is 5.69 Å². The lowest BCUT2D eigenvalue weighted by Gasteiger charge is -2.21. The summed E-state index contributed by atoms with van der Waals surface area (Å²) in [5, 5.41) is 2.88. The van der Waals surface area contributed by atoms with Crippen LogP contribution in [0.5, 0.6) is 0 Å². The lowest BCUT2D eigenvalue weighted by molar-refractivity contribution is -0.121. The Morgan fingerprint density at radius 3 is 2.38 bits per heavy atom. The summed E-state index contributed by atoms with van der Waals surface area (Å²) < 4.78 is 0. The van der Waals surface area contributed by atoms with E-state index in [0.717, 1.165) is 11.1 Å². The molecule has 0 unspecified atom stereocenters. The van der Waals surface area contributed by atoms with Crippen molar-refractivity contribution in [1.29, 1.82) is 0 Å². The monoisotopic (exact) mass is 352 g/mol. The number of hydrogen-bond acceptors (Lipinski definition) is 3. The lowest BCUT2D eigenvalue weighted by Crippen LogP contribution is -2.33. The molecule has 2 amide bonds. The second-order valence-electron chi connectivity index (χ2n) is 6.23. The number of nitrogens with zero attached hydrogens (tertiary/aromatic N) is 1. The number of rotatable bonds is 7. The van der Waals surface area contributed by atoms with E-state index in [2.05, 4.69) is 5.32 Å². The van der Waals surface area contributed by atoms with Gasteiger partial charge in [-0.2, -0.15) is 0 Å². The molecular formula is C21H24N2O3. The van der Waals surface area contributed by atoms with Gasteiger partial charge in [0.05, 0.1) is 0 Å². The quantitative estimate of drug-likeness (QED) is 0.778.